The van der Waals surface area contributed by atoms with Gasteiger partial charge in [-0.3, -0.25) is 0 Å². The quantitative estimate of drug-likeness (QED) is 0.363. The van der Waals surface area contributed by atoms with Gasteiger partial charge in [0.2, 0.25) is 0 Å². The molecule has 0 radical (unpaired) electrons. The first-order valence-corrected chi connectivity index (χ1v) is 6.53. The summed E-state index contributed by atoms with van der Waals surface area (Å²) in [5, 5.41) is 0. The zero-order valence-corrected chi connectivity index (χ0v) is 10.1. The Morgan fingerprint density at radius 2 is 2.07 bits per heavy atom. The van der Waals surface area contributed by atoms with Crippen molar-refractivity contribution < 1.29 is 18.7 Å². The smallest absolute Gasteiger partial charge is 0.316 e. The summed E-state index contributed by atoms with van der Waals surface area (Å²) in [5.41, 5.74) is 0. The lowest BCUT2D eigenvalue weighted by atomic mass is 10.6. The highest BCUT2D eigenvalue weighted by atomic mass is 28.3. The van der Waals surface area contributed by atoms with E-state index in [1.54, 1.807) is 14.2 Å². The summed E-state index contributed by atoms with van der Waals surface area (Å²) in [5.74, 6) is -0.770. The summed E-state index contributed by atoms with van der Waals surface area (Å²) in [6.07, 6.45) is 2.11. The van der Waals surface area contributed by atoms with Gasteiger partial charge in [0.1, 0.15) is 0 Å². The second kappa shape index (κ2) is 7.72. The van der Waals surface area contributed by atoms with Gasteiger partial charge in [-0.15, -0.1) is 0 Å². The highest BCUT2D eigenvalue weighted by Crippen LogP contribution is 2.08. The Bertz CT molecular complexity index is 180. The Kier molecular flexibility index (Phi) is 7.36. The van der Waals surface area contributed by atoms with Crippen molar-refractivity contribution in [2.24, 2.45) is 0 Å². The van der Waals surface area contributed by atoms with E-state index in [1.165, 1.54) is 0 Å². The largest absolute Gasteiger partial charge is 0.513 e. The van der Waals surface area contributed by atoms with E-state index in [-0.39, 0.29) is 5.91 Å². The molecule has 0 aliphatic rings. The molecule has 0 aromatic rings. The van der Waals surface area contributed by atoms with Crippen molar-refractivity contribution in [3.05, 3.63) is 12.7 Å². The van der Waals surface area contributed by atoms with Crippen molar-refractivity contribution in [1.82, 2.24) is 0 Å². The molecule has 1 unspecified atom stereocenters. The monoisotopic (exact) mass is 218 g/mol. The van der Waals surface area contributed by atoms with Crippen molar-refractivity contribution in [3.8, 4) is 0 Å². The van der Waals surface area contributed by atoms with E-state index >= 15 is 0 Å². The van der Waals surface area contributed by atoms with E-state index in [2.05, 4.69) is 6.58 Å². The van der Waals surface area contributed by atoms with Gasteiger partial charge in [0, 0.05) is 20.3 Å². The molecule has 0 aliphatic heterocycles. The number of methoxy groups -OCH3 is 2. The average Bonchev–Trinajstić information content (AvgIpc) is 2.19. The summed E-state index contributed by atoms with van der Waals surface area (Å²) < 4.78 is 15.4. The van der Waals surface area contributed by atoms with Crippen LogP contribution in [0.25, 0.3) is 0 Å². The summed E-state index contributed by atoms with van der Waals surface area (Å²) in [6, 6.07) is 0.839. The number of carbonyl (C=O) groups excluding carboxylic acids is 1. The van der Waals surface area contributed by atoms with Crippen molar-refractivity contribution in [1.29, 1.82) is 0 Å². The lowest BCUT2D eigenvalue weighted by Gasteiger charge is -2.22. The van der Waals surface area contributed by atoms with Crippen LogP contribution >= 0.6 is 0 Å². The Morgan fingerprint density at radius 3 is 2.43 bits per heavy atom. The highest BCUT2D eigenvalue weighted by Gasteiger charge is 2.26. The molecule has 0 saturated heterocycles. The molecular weight excluding hydrogens is 200 g/mol. The van der Waals surface area contributed by atoms with E-state index in [4.69, 9.17) is 13.9 Å². The number of hydrogen-bond donors (Lipinski definition) is 0. The van der Waals surface area contributed by atoms with Gasteiger partial charge in [0.25, 0.3) is 9.04 Å². The van der Waals surface area contributed by atoms with Gasteiger partial charge in [-0.05, 0) is 6.04 Å². The molecule has 0 aromatic heterocycles. The maximum absolute atomic E-state index is 11.0. The second-order valence-corrected chi connectivity index (χ2v) is 5.24. The fourth-order valence-corrected chi connectivity index (χ4v) is 3.20. The summed E-state index contributed by atoms with van der Waals surface area (Å²) in [7, 11) is 1.30. The third kappa shape index (κ3) is 4.55. The van der Waals surface area contributed by atoms with Crippen molar-refractivity contribution in [3.63, 3.8) is 0 Å². The van der Waals surface area contributed by atoms with Gasteiger partial charge in [0.05, 0.1) is 0 Å². The van der Waals surface area contributed by atoms with Crippen LogP contribution in [0.5, 0.6) is 0 Å². The van der Waals surface area contributed by atoms with Crippen molar-refractivity contribution in [2.75, 3.05) is 14.2 Å². The maximum atomic E-state index is 11.0. The van der Waals surface area contributed by atoms with E-state index in [0.29, 0.717) is 0 Å². The molecule has 5 heteroatoms. The zero-order chi connectivity index (χ0) is 11.0. The number of ether oxygens (including phenoxy) is 2. The standard InChI is InChI=1S/C9H18O4Si/c1-5-7-14(9(11-3)12-4)13-8(10)6-2/h6,9,14H,2,5,7H2,1,3-4H3. The Morgan fingerprint density at radius 1 is 1.50 bits per heavy atom. The molecule has 0 aliphatic carbocycles. The molecule has 0 spiro atoms. The van der Waals surface area contributed by atoms with Crippen LogP contribution in [0, 0.1) is 0 Å². The van der Waals surface area contributed by atoms with Gasteiger partial charge < -0.3 is 13.9 Å². The van der Waals surface area contributed by atoms with Crippen LogP contribution in [0.1, 0.15) is 13.3 Å². The third-order valence-electron chi connectivity index (χ3n) is 1.78. The second-order valence-electron chi connectivity index (χ2n) is 2.81. The van der Waals surface area contributed by atoms with Gasteiger partial charge in [-0.25, -0.2) is 4.79 Å². The van der Waals surface area contributed by atoms with Gasteiger partial charge in [0.15, 0.2) is 5.91 Å². The minimum Gasteiger partial charge on any atom is -0.513 e. The fraction of sp³-hybridized carbons (Fsp3) is 0.667. The fourth-order valence-electron chi connectivity index (χ4n) is 1.13. The van der Waals surface area contributed by atoms with Crippen LogP contribution in [-0.2, 0) is 18.7 Å². The van der Waals surface area contributed by atoms with E-state index < -0.39 is 15.0 Å². The molecule has 0 N–H and O–H groups in total. The van der Waals surface area contributed by atoms with Crippen LogP contribution < -0.4 is 0 Å². The van der Waals surface area contributed by atoms with Gasteiger partial charge >= 0.3 is 5.97 Å². The van der Waals surface area contributed by atoms with E-state index in [0.717, 1.165) is 18.5 Å². The highest BCUT2D eigenvalue weighted by molar-refractivity contribution is 6.55. The molecule has 0 bridgehead atoms. The molecule has 14 heavy (non-hydrogen) atoms. The normalized spacial score (nSPS) is 12.6. The minimum absolute atomic E-state index is 0.376. The number of rotatable bonds is 7. The third-order valence-corrected chi connectivity index (χ3v) is 4.61. The van der Waals surface area contributed by atoms with Crippen LogP contribution in [0.2, 0.25) is 6.04 Å². The summed E-state index contributed by atoms with van der Waals surface area (Å²) in [4.78, 5) is 11.0. The van der Waals surface area contributed by atoms with Crippen molar-refractivity contribution in [2.45, 2.75) is 25.3 Å². The molecule has 0 saturated carbocycles. The van der Waals surface area contributed by atoms with Crippen molar-refractivity contribution >= 4 is 15.0 Å². The first-order valence-electron chi connectivity index (χ1n) is 4.58. The van der Waals surface area contributed by atoms with Crippen LogP contribution in [0.3, 0.4) is 0 Å². The Balaban J connectivity index is 4.24. The van der Waals surface area contributed by atoms with Gasteiger partial charge in [-0.1, -0.05) is 19.9 Å². The predicted octanol–water partition coefficient (Wildman–Crippen LogP) is 1.01. The van der Waals surface area contributed by atoms with E-state index in [1.807, 2.05) is 6.92 Å². The summed E-state index contributed by atoms with van der Waals surface area (Å²) >= 11 is 0. The molecule has 0 rings (SSSR count). The topological polar surface area (TPSA) is 44.8 Å². The minimum atomic E-state index is -1.79. The SMILES string of the molecule is C=CC(=O)O[SiH](CCC)C(OC)OC. The number of hydrogen-bond acceptors (Lipinski definition) is 4. The molecular formula is C9H18O4Si. The molecule has 0 amide bonds. The Labute approximate surface area is 86.6 Å². The van der Waals surface area contributed by atoms with Crippen LogP contribution in [0.4, 0.5) is 0 Å². The average molecular weight is 218 g/mol. The number of carbonyl (C=O) groups is 1. The lowest BCUT2D eigenvalue weighted by molar-refractivity contribution is -0.131. The molecule has 1 atom stereocenters. The zero-order valence-electron chi connectivity index (χ0n) is 8.99. The first kappa shape index (κ1) is 13.3. The van der Waals surface area contributed by atoms with Crippen LogP contribution in [-0.4, -0.2) is 35.1 Å². The lowest BCUT2D eigenvalue weighted by Crippen LogP contribution is -2.38. The molecule has 4 nitrogen and oxygen atoms in total. The molecule has 82 valence electrons. The van der Waals surface area contributed by atoms with E-state index in [9.17, 15) is 4.79 Å². The molecule has 0 heterocycles. The maximum Gasteiger partial charge on any atom is 0.316 e. The summed E-state index contributed by atoms with van der Waals surface area (Å²) in [6.45, 7) is 5.38. The first-order chi connectivity index (χ1) is 6.69. The predicted molar refractivity (Wildman–Crippen MR) is 56.3 cm³/mol. The van der Waals surface area contributed by atoms with Crippen LogP contribution in [0.15, 0.2) is 12.7 Å². The molecule has 0 fully saturated rings. The van der Waals surface area contributed by atoms with Gasteiger partial charge in [-0.2, -0.15) is 0 Å². The Hall–Kier alpha value is -0.653. The molecule has 0 aromatic carbocycles.